The van der Waals surface area contributed by atoms with Crippen molar-refractivity contribution < 1.29 is 22.7 Å². The maximum Gasteiger partial charge on any atom is 0.260 e. The number of rotatable bonds is 8. The van der Waals surface area contributed by atoms with E-state index in [1.165, 1.54) is 33.3 Å². The minimum Gasteiger partial charge on any atom is -0.492 e. The van der Waals surface area contributed by atoms with Crippen molar-refractivity contribution in [3.05, 3.63) is 83.4 Å². The Labute approximate surface area is 238 Å². The number of fused-ring (bicyclic) bond motifs is 2. The molecule has 208 valence electrons. The van der Waals surface area contributed by atoms with Gasteiger partial charge in [0, 0.05) is 25.3 Å². The number of ether oxygens (including phenoxy) is 2. The molecule has 1 amide bonds. The lowest BCUT2D eigenvalue weighted by molar-refractivity contribution is 0.0917. The zero-order valence-corrected chi connectivity index (χ0v) is 23.9. The van der Waals surface area contributed by atoms with Gasteiger partial charge < -0.3 is 9.47 Å². The van der Waals surface area contributed by atoms with E-state index in [4.69, 9.17) is 14.5 Å². The summed E-state index contributed by atoms with van der Waals surface area (Å²) in [6.07, 6.45) is 2.42. The van der Waals surface area contributed by atoms with E-state index in [0.29, 0.717) is 55.7 Å². The number of hydrogen-bond donors (Lipinski definition) is 0. The van der Waals surface area contributed by atoms with Crippen molar-refractivity contribution in [3.63, 3.8) is 0 Å². The molecule has 0 bridgehead atoms. The molecule has 0 saturated carbocycles. The second-order valence-corrected chi connectivity index (χ2v) is 12.9. The maximum atomic E-state index is 13.9. The first kappa shape index (κ1) is 26.9. The molecule has 8 nitrogen and oxygen atoms in total. The van der Waals surface area contributed by atoms with Crippen molar-refractivity contribution in [1.29, 1.82) is 0 Å². The van der Waals surface area contributed by atoms with E-state index in [2.05, 4.69) is 0 Å². The first-order chi connectivity index (χ1) is 19.4. The molecule has 2 aliphatic rings. The number of para-hydroxylation sites is 1. The number of anilines is 1. The fraction of sp³-hybridized carbons (Fsp3) is 0.333. The molecule has 6 rings (SSSR count). The number of amides is 1. The third-order valence-corrected chi connectivity index (χ3v) is 10.3. The molecular formula is C30H31N3O5S2. The highest BCUT2D eigenvalue weighted by Gasteiger charge is 2.30. The third kappa shape index (κ3) is 5.24. The Morgan fingerprint density at radius 2 is 1.90 bits per heavy atom. The number of nitrogens with zero attached hydrogens (tertiary/aromatic N) is 3. The van der Waals surface area contributed by atoms with E-state index in [9.17, 15) is 13.2 Å². The van der Waals surface area contributed by atoms with Gasteiger partial charge in [-0.1, -0.05) is 41.7 Å². The van der Waals surface area contributed by atoms with Crippen LogP contribution >= 0.6 is 11.3 Å². The maximum absolute atomic E-state index is 13.9. The molecule has 1 saturated heterocycles. The summed E-state index contributed by atoms with van der Waals surface area (Å²) in [5, 5.41) is 0.561. The lowest BCUT2D eigenvalue weighted by Gasteiger charge is -2.28. The van der Waals surface area contributed by atoms with Gasteiger partial charge in [0.25, 0.3) is 5.91 Å². The summed E-state index contributed by atoms with van der Waals surface area (Å²) in [5.74, 6) is 0.435. The molecule has 10 heteroatoms. The van der Waals surface area contributed by atoms with Crippen molar-refractivity contribution in [3.8, 4) is 5.75 Å². The van der Waals surface area contributed by atoms with E-state index in [-0.39, 0.29) is 16.9 Å². The number of carbonyl (C=O) groups is 1. The van der Waals surface area contributed by atoms with Crippen LogP contribution in [-0.2, 0) is 27.7 Å². The van der Waals surface area contributed by atoms with Crippen molar-refractivity contribution in [2.24, 2.45) is 0 Å². The Hall–Kier alpha value is -3.31. The molecule has 4 aromatic rings. The molecule has 3 heterocycles. The molecule has 0 spiro atoms. The summed E-state index contributed by atoms with van der Waals surface area (Å²) in [4.78, 5) is 20.5. The van der Waals surface area contributed by atoms with Crippen LogP contribution in [0.1, 0.15) is 41.3 Å². The summed E-state index contributed by atoms with van der Waals surface area (Å²) in [6.45, 7) is 4.26. The summed E-state index contributed by atoms with van der Waals surface area (Å²) >= 11 is 1.43. The van der Waals surface area contributed by atoms with Crippen molar-refractivity contribution in [1.82, 2.24) is 9.29 Å². The second-order valence-electron chi connectivity index (χ2n) is 9.96. The lowest BCUT2D eigenvalue weighted by Crippen LogP contribution is -2.37. The van der Waals surface area contributed by atoms with E-state index >= 15 is 0 Å². The monoisotopic (exact) mass is 577 g/mol. The molecule has 0 N–H and O–H groups in total. The van der Waals surface area contributed by atoms with Crippen LogP contribution in [0.5, 0.6) is 5.75 Å². The van der Waals surface area contributed by atoms with Gasteiger partial charge in [-0.2, -0.15) is 4.31 Å². The standard InChI is InChI=1S/C30H31N3O5S2/c1-2-37-26-10-5-11-27-28(26)31-30(39-27)33(20-24-9-6-18-38-24)29(34)22-12-14-25(15-13-22)40(35,36)32-17-16-21-7-3-4-8-23(21)19-32/h3-5,7-8,10-15,24H,2,6,9,16-20H2,1H3. The molecular weight excluding hydrogens is 546 g/mol. The first-order valence-electron chi connectivity index (χ1n) is 13.6. The van der Waals surface area contributed by atoms with Gasteiger partial charge in [0.15, 0.2) is 5.13 Å². The molecule has 40 heavy (non-hydrogen) atoms. The van der Waals surface area contributed by atoms with Crippen LogP contribution in [0.4, 0.5) is 5.13 Å². The van der Waals surface area contributed by atoms with Gasteiger partial charge in [0.1, 0.15) is 11.3 Å². The van der Waals surface area contributed by atoms with Crippen LogP contribution in [0, 0.1) is 0 Å². The number of thiazole rings is 1. The molecule has 1 aromatic heterocycles. The number of benzene rings is 3. The fourth-order valence-electron chi connectivity index (χ4n) is 5.29. The predicted octanol–water partition coefficient (Wildman–Crippen LogP) is 5.27. The van der Waals surface area contributed by atoms with E-state index in [0.717, 1.165) is 28.6 Å². The Balaban J connectivity index is 1.27. The van der Waals surface area contributed by atoms with Crippen molar-refractivity contribution in [2.45, 2.75) is 43.7 Å². The largest absolute Gasteiger partial charge is 0.492 e. The lowest BCUT2D eigenvalue weighted by atomic mass is 10.0. The van der Waals surface area contributed by atoms with Crippen LogP contribution < -0.4 is 9.64 Å². The fourth-order valence-corrected chi connectivity index (χ4v) is 7.70. The average molecular weight is 578 g/mol. The molecule has 0 radical (unpaired) electrons. The smallest absolute Gasteiger partial charge is 0.260 e. The van der Waals surface area contributed by atoms with Crippen LogP contribution in [0.3, 0.4) is 0 Å². The number of aromatic nitrogens is 1. The highest BCUT2D eigenvalue weighted by Crippen LogP contribution is 2.35. The average Bonchev–Trinajstić information content (AvgIpc) is 3.66. The van der Waals surface area contributed by atoms with Gasteiger partial charge in [0.2, 0.25) is 10.0 Å². The highest BCUT2D eigenvalue weighted by molar-refractivity contribution is 7.89. The SMILES string of the molecule is CCOc1cccc2sc(N(CC3CCCO3)C(=O)c3ccc(S(=O)(=O)N4CCc5ccccc5C4)cc3)nc12. The summed E-state index contributed by atoms with van der Waals surface area (Å²) in [7, 11) is -3.70. The first-order valence-corrected chi connectivity index (χ1v) is 15.8. The molecule has 1 fully saturated rings. The van der Waals surface area contributed by atoms with Gasteiger partial charge in [-0.05, 0) is 73.7 Å². The van der Waals surface area contributed by atoms with Crippen LogP contribution in [0.2, 0.25) is 0 Å². The Bertz CT molecular complexity index is 1630. The van der Waals surface area contributed by atoms with Gasteiger partial charge in [-0.25, -0.2) is 13.4 Å². The van der Waals surface area contributed by atoms with Gasteiger partial charge in [0.05, 0.1) is 28.9 Å². The summed E-state index contributed by atoms with van der Waals surface area (Å²) in [5.41, 5.74) is 3.32. The normalized spacial score (nSPS) is 17.6. The predicted molar refractivity (Wildman–Crippen MR) is 156 cm³/mol. The van der Waals surface area contributed by atoms with Crippen LogP contribution in [-0.4, -0.2) is 56.0 Å². The van der Waals surface area contributed by atoms with Gasteiger partial charge in [-0.3, -0.25) is 9.69 Å². The quantitative estimate of drug-likeness (QED) is 0.284. The van der Waals surface area contributed by atoms with Crippen LogP contribution in [0.25, 0.3) is 10.2 Å². The third-order valence-electron chi connectivity index (χ3n) is 7.39. The minimum absolute atomic E-state index is 0.0797. The number of hydrogen-bond acceptors (Lipinski definition) is 7. The minimum atomic E-state index is -3.70. The van der Waals surface area contributed by atoms with Gasteiger partial charge >= 0.3 is 0 Å². The summed E-state index contributed by atoms with van der Waals surface area (Å²) in [6, 6.07) is 19.9. The van der Waals surface area contributed by atoms with Crippen molar-refractivity contribution >= 4 is 42.6 Å². The molecule has 0 aliphatic carbocycles. The topological polar surface area (TPSA) is 89.0 Å². The molecule has 1 unspecified atom stereocenters. The zero-order valence-electron chi connectivity index (χ0n) is 22.3. The molecule has 2 aliphatic heterocycles. The molecule has 1 atom stereocenters. The summed E-state index contributed by atoms with van der Waals surface area (Å²) < 4.78 is 40.9. The Morgan fingerprint density at radius 1 is 1.10 bits per heavy atom. The highest BCUT2D eigenvalue weighted by atomic mass is 32.2. The number of carbonyl (C=O) groups excluding carboxylic acids is 1. The Morgan fingerprint density at radius 3 is 2.65 bits per heavy atom. The van der Waals surface area contributed by atoms with E-state index < -0.39 is 10.0 Å². The van der Waals surface area contributed by atoms with Crippen LogP contribution in [0.15, 0.2) is 71.6 Å². The van der Waals surface area contributed by atoms with Crippen molar-refractivity contribution in [2.75, 3.05) is 31.2 Å². The number of sulfonamides is 1. The van der Waals surface area contributed by atoms with Gasteiger partial charge in [-0.15, -0.1) is 0 Å². The zero-order chi connectivity index (χ0) is 27.7. The Kier molecular flexibility index (Phi) is 7.59. The van der Waals surface area contributed by atoms with E-state index in [1.54, 1.807) is 17.0 Å². The molecule has 3 aromatic carbocycles. The second kappa shape index (κ2) is 11.3. The van der Waals surface area contributed by atoms with E-state index in [1.807, 2.05) is 49.4 Å².